The Labute approximate surface area is 202 Å². The summed E-state index contributed by atoms with van der Waals surface area (Å²) in [5, 5.41) is 1.73. The molecule has 0 bridgehead atoms. The van der Waals surface area contributed by atoms with Gasteiger partial charge in [0.1, 0.15) is 6.29 Å². The minimum Gasteiger partial charge on any atom is -0.308 e. The van der Waals surface area contributed by atoms with Gasteiger partial charge in [0.2, 0.25) is 0 Å². The number of halogens is 3. The average molecular weight is 537 g/mol. The Morgan fingerprint density at radius 2 is 1.50 bits per heavy atom. The molecule has 0 spiro atoms. The predicted molar refractivity (Wildman–Crippen MR) is 131 cm³/mol. The minimum absolute atomic E-state index is 0.0669. The molecule has 32 heavy (non-hydrogen) atoms. The molecular formula is C21H21Cl3NO5PS. The third-order valence-electron chi connectivity index (χ3n) is 4.48. The number of hydrogen-bond donors (Lipinski definition) is 0. The summed E-state index contributed by atoms with van der Waals surface area (Å²) in [6, 6.07) is 14.4. The van der Waals surface area contributed by atoms with Crippen LogP contribution < -0.4 is 4.31 Å². The lowest BCUT2D eigenvalue weighted by molar-refractivity contribution is 0.221. The Kier molecular flexibility index (Phi) is 8.16. The van der Waals surface area contributed by atoms with Crippen molar-refractivity contribution in [1.82, 2.24) is 0 Å². The van der Waals surface area contributed by atoms with E-state index in [0.717, 1.165) is 9.69 Å². The number of fused-ring (bicyclic) bond motifs is 1. The van der Waals surface area contributed by atoms with E-state index in [-0.39, 0.29) is 38.9 Å². The van der Waals surface area contributed by atoms with Crippen LogP contribution >= 0.6 is 42.4 Å². The van der Waals surface area contributed by atoms with E-state index in [1.54, 1.807) is 38.1 Å². The lowest BCUT2D eigenvalue weighted by Crippen LogP contribution is -2.33. The van der Waals surface area contributed by atoms with Gasteiger partial charge in [-0.2, -0.15) is 0 Å². The third kappa shape index (κ3) is 5.42. The molecule has 0 saturated carbocycles. The van der Waals surface area contributed by atoms with E-state index in [0.29, 0.717) is 5.39 Å². The number of hydrogen-bond acceptors (Lipinski definition) is 5. The van der Waals surface area contributed by atoms with Crippen LogP contribution in [0.5, 0.6) is 0 Å². The Morgan fingerprint density at radius 3 is 2.09 bits per heavy atom. The molecule has 0 aliphatic carbocycles. The molecule has 3 aromatic rings. The number of benzene rings is 3. The molecule has 11 heteroatoms. The average Bonchev–Trinajstić information content (AvgIpc) is 2.72. The number of rotatable bonds is 9. The molecule has 0 atom stereocenters. The first kappa shape index (κ1) is 25.3. The molecule has 0 fully saturated rings. The molecular weight excluding hydrogens is 516 g/mol. The second-order valence-electron chi connectivity index (χ2n) is 6.66. The van der Waals surface area contributed by atoms with Gasteiger partial charge in [-0.1, -0.05) is 65.1 Å². The van der Waals surface area contributed by atoms with Crippen LogP contribution in [0.4, 0.5) is 5.69 Å². The topological polar surface area (TPSA) is 72.9 Å². The quantitative estimate of drug-likeness (QED) is 0.270. The Morgan fingerprint density at radius 1 is 0.906 bits per heavy atom. The maximum Gasteiger partial charge on any atom is 0.350 e. The smallest absolute Gasteiger partial charge is 0.308 e. The first-order valence-electron chi connectivity index (χ1n) is 9.65. The van der Waals surface area contributed by atoms with Gasteiger partial charge in [-0.3, -0.25) is 8.87 Å². The van der Waals surface area contributed by atoms with Crippen LogP contribution in [0.3, 0.4) is 0 Å². The van der Waals surface area contributed by atoms with Crippen molar-refractivity contribution in [2.45, 2.75) is 18.7 Å². The van der Waals surface area contributed by atoms with E-state index < -0.39 is 23.9 Å². The summed E-state index contributed by atoms with van der Waals surface area (Å²) in [6.07, 6.45) is -0.588. The van der Waals surface area contributed by atoms with Crippen LogP contribution in [-0.4, -0.2) is 27.9 Å². The summed E-state index contributed by atoms with van der Waals surface area (Å²) in [6.45, 7) is 3.42. The zero-order valence-corrected chi connectivity index (χ0v) is 21.3. The Hall–Kier alpha value is -1.31. The molecule has 0 amide bonds. The molecule has 0 heterocycles. The van der Waals surface area contributed by atoms with Crippen LogP contribution in [-0.2, 0) is 23.6 Å². The highest BCUT2D eigenvalue weighted by molar-refractivity contribution is 7.93. The highest BCUT2D eigenvalue weighted by Gasteiger charge is 2.37. The van der Waals surface area contributed by atoms with Crippen LogP contribution in [0.25, 0.3) is 10.8 Å². The van der Waals surface area contributed by atoms with Gasteiger partial charge in [0.25, 0.3) is 10.0 Å². The molecule has 3 aromatic carbocycles. The highest BCUT2D eigenvalue weighted by atomic mass is 35.5. The van der Waals surface area contributed by atoms with Gasteiger partial charge in [0.05, 0.1) is 28.8 Å². The van der Waals surface area contributed by atoms with Gasteiger partial charge in [0, 0.05) is 15.4 Å². The van der Waals surface area contributed by atoms with Gasteiger partial charge in [-0.25, -0.2) is 8.42 Å². The third-order valence-corrected chi connectivity index (χ3v) is 9.07. The van der Waals surface area contributed by atoms with Crippen LogP contribution in [0.1, 0.15) is 13.8 Å². The Balaban J connectivity index is 2.30. The summed E-state index contributed by atoms with van der Waals surface area (Å²) in [4.78, 5) is -0.182. The number of nitrogens with zero attached hydrogens (tertiary/aromatic N) is 1. The number of sulfonamides is 1. The second-order valence-corrected chi connectivity index (χ2v) is 11.8. The van der Waals surface area contributed by atoms with Gasteiger partial charge in [0.15, 0.2) is 0 Å². The van der Waals surface area contributed by atoms with Crippen molar-refractivity contribution in [2.75, 3.05) is 23.8 Å². The largest absolute Gasteiger partial charge is 0.350 e. The summed E-state index contributed by atoms with van der Waals surface area (Å²) in [5.74, 6) is 0. The van der Waals surface area contributed by atoms with E-state index >= 15 is 0 Å². The summed E-state index contributed by atoms with van der Waals surface area (Å²) in [5.41, 5.74) is 0.153. The van der Waals surface area contributed by atoms with E-state index in [1.165, 1.54) is 18.2 Å². The predicted octanol–water partition coefficient (Wildman–Crippen LogP) is 7.22. The maximum absolute atomic E-state index is 13.8. The maximum atomic E-state index is 13.8. The van der Waals surface area contributed by atoms with Crippen molar-refractivity contribution in [2.24, 2.45) is 0 Å². The molecule has 3 rings (SSSR count). The minimum atomic E-state index is -4.34. The lowest BCUT2D eigenvalue weighted by Gasteiger charge is -2.29. The fourth-order valence-electron chi connectivity index (χ4n) is 3.22. The molecule has 0 aromatic heterocycles. The zero-order valence-electron chi connectivity index (χ0n) is 17.3. The monoisotopic (exact) mass is 535 g/mol. The van der Waals surface area contributed by atoms with E-state index in [9.17, 15) is 13.0 Å². The lowest BCUT2D eigenvalue weighted by atomic mass is 10.1. The van der Waals surface area contributed by atoms with Crippen molar-refractivity contribution in [1.29, 1.82) is 0 Å². The van der Waals surface area contributed by atoms with Crippen molar-refractivity contribution >= 4 is 68.9 Å². The first-order valence-corrected chi connectivity index (χ1v) is 14.0. The van der Waals surface area contributed by atoms with Crippen molar-refractivity contribution in [3.63, 3.8) is 0 Å². The van der Waals surface area contributed by atoms with E-state index in [1.807, 2.05) is 12.1 Å². The second kappa shape index (κ2) is 10.3. The summed E-state index contributed by atoms with van der Waals surface area (Å²) < 4.78 is 52.8. The van der Waals surface area contributed by atoms with Crippen LogP contribution in [0.15, 0.2) is 59.5 Å². The van der Waals surface area contributed by atoms with Gasteiger partial charge in [-0.15, -0.1) is 0 Å². The first-order chi connectivity index (χ1) is 15.1. The molecule has 0 saturated heterocycles. The molecule has 172 valence electrons. The van der Waals surface area contributed by atoms with Crippen LogP contribution in [0, 0.1) is 0 Å². The molecule has 0 N–H and O–H groups in total. The molecule has 0 radical (unpaired) electrons. The zero-order chi connectivity index (χ0) is 23.5. The van der Waals surface area contributed by atoms with Gasteiger partial charge < -0.3 is 9.05 Å². The standard InChI is InChI=1S/C21H21Cl3NO5PS/c1-3-29-31(26,30-4-2)14-25(32(27,28)18-12-16(22)11-17(23)13-18)21-19-8-6-5-7-15(19)9-10-20(21)24/h5-13H,3-4,14H2,1-2H3. The molecule has 0 aliphatic heterocycles. The molecule has 6 nitrogen and oxygen atoms in total. The van der Waals surface area contributed by atoms with Gasteiger partial charge in [-0.05, 0) is 43.5 Å². The molecule has 0 aliphatic rings. The number of anilines is 1. The fraction of sp³-hybridized carbons (Fsp3) is 0.238. The molecule has 0 unspecified atom stereocenters. The van der Waals surface area contributed by atoms with Crippen molar-refractivity contribution in [3.05, 3.63) is 69.7 Å². The van der Waals surface area contributed by atoms with E-state index in [2.05, 4.69) is 0 Å². The van der Waals surface area contributed by atoms with Gasteiger partial charge >= 0.3 is 7.60 Å². The van der Waals surface area contributed by atoms with E-state index in [4.69, 9.17) is 43.9 Å². The fourth-order valence-corrected chi connectivity index (χ4v) is 7.95. The van der Waals surface area contributed by atoms with Crippen molar-refractivity contribution < 1.29 is 22.0 Å². The highest BCUT2D eigenvalue weighted by Crippen LogP contribution is 2.51. The summed E-state index contributed by atoms with van der Waals surface area (Å²) in [7, 11) is -8.19. The van der Waals surface area contributed by atoms with Crippen LogP contribution in [0.2, 0.25) is 15.1 Å². The van der Waals surface area contributed by atoms with Crippen molar-refractivity contribution in [3.8, 4) is 0 Å². The SMILES string of the molecule is CCOP(=O)(CN(c1c(Cl)ccc2ccccc12)S(=O)(=O)c1cc(Cl)cc(Cl)c1)OCC. The Bertz CT molecular complexity index is 1260. The summed E-state index contributed by atoms with van der Waals surface area (Å²) >= 11 is 18.6. The normalized spacial score (nSPS) is 12.3.